The highest BCUT2D eigenvalue weighted by molar-refractivity contribution is 5.56. The van der Waals surface area contributed by atoms with Gasteiger partial charge in [0.2, 0.25) is 0 Å². The van der Waals surface area contributed by atoms with Crippen LogP contribution in [0.1, 0.15) is 17.0 Å². The molecule has 2 heterocycles. The quantitative estimate of drug-likeness (QED) is 0.279. The zero-order valence-corrected chi connectivity index (χ0v) is 20.0. The molecule has 0 unspecified atom stereocenters. The van der Waals surface area contributed by atoms with Gasteiger partial charge in [-0.15, -0.1) is 0 Å². The second-order valence-electron chi connectivity index (χ2n) is 9.04. The summed E-state index contributed by atoms with van der Waals surface area (Å²) in [6, 6.07) is 21.4. The van der Waals surface area contributed by atoms with Gasteiger partial charge >= 0.3 is 0 Å². The van der Waals surface area contributed by atoms with E-state index in [4.69, 9.17) is 10.1 Å². The number of rotatable bonds is 7. The first-order chi connectivity index (χ1) is 17.4. The molecule has 0 radical (unpaired) electrons. The third-order valence-electron chi connectivity index (χ3n) is 6.43. The lowest BCUT2D eigenvalue weighted by Crippen LogP contribution is -2.46. The molecule has 1 fully saturated rings. The highest BCUT2D eigenvalue weighted by Gasteiger charge is 2.21. The maximum atomic E-state index is 13.4. The first kappa shape index (κ1) is 23.6. The van der Waals surface area contributed by atoms with E-state index in [1.807, 2.05) is 16.8 Å². The third-order valence-corrected chi connectivity index (χ3v) is 6.43. The van der Waals surface area contributed by atoms with Crippen molar-refractivity contribution in [3.63, 3.8) is 0 Å². The Hall–Kier alpha value is -4.11. The van der Waals surface area contributed by atoms with E-state index in [2.05, 4.69) is 28.9 Å². The number of halogens is 1. The number of anilines is 1. The van der Waals surface area contributed by atoms with E-state index < -0.39 is 0 Å². The second-order valence-corrected chi connectivity index (χ2v) is 9.04. The van der Waals surface area contributed by atoms with Crippen LogP contribution in [0.5, 0.6) is 0 Å². The summed E-state index contributed by atoms with van der Waals surface area (Å²) in [6.07, 6.45) is 0. The number of benzene rings is 3. The maximum Gasteiger partial charge on any atom is 0.269 e. The van der Waals surface area contributed by atoms with Crippen molar-refractivity contribution in [1.29, 1.82) is 0 Å². The van der Waals surface area contributed by atoms with Gasteiger partial charge in [-0.25, -0.2) is 14.1 Å². The fourth-order valence-electron chi connectivity index (χ4n) is 4.39. The van der Waals surface area contributed by atoms with Crippen LogP contribution >= 0.6 is 0 Å². The number of non-ortho nitro benzene ring substituents is 1. The summed E-state index contributed by atoms with van der Waals surface area (Å²) in [5, 5.41) is 15.7. The predicted molar refractivity (Wildman–Crippen MR) is 136 cm³/mol. The highest BCUT2D eigenvalue weighted by Crippen LogP contribution is 2.23. The molecule has 1 aliphatic rings. The largest absolute Gasteiger partial charge is 0.369 e. The SMILES string of the molecule is Cc1ccc(-c2nc(CN3CCN(c4ccc([N+](=O)[O-])cc4)CC3)nn2Cc2ccc(F)cc2)cc1. The fourth-order valence-corrected chi connectivity index (χ4v) is 4.39. The van der Waals surface area contributed by atoms with E-state index >= 15 is 0 Å². The van der Waals surface area contributed by atoms with Gasteiger partial charge in [0.1, 0.15) is 5.82 Å². The summed E-state index contributed by atoms with van der Waals surface area (Å²) in [6.45, 7) is 6.49. The topological polar surface area (TPSA) is 80.3 Å². The highest BCUT2D eigenvalue weighted by atomic mass is 19.1. The minimum Gasteiger partial charge on any atom is -0.369 e. The number of nitrogens with zero attached hydrogens (tertiary/aromatic N) is 6. The first-order valence-electron chi connectivity index (χ1n) is 11.9. The van der Waals surface area contributed by atoms with Gasteiger partial charge in [-0.3, -0.25) is 15.0 Å². The van der Waals surface area contributed by atoms with Crippen LogP contribution in [0.2, 0.25) is 0 Å². The summed E-state index contributed by atoms with van der Waals surface area (Å²) in [5.41, 5.74) is 4.21. The number of aromatic nitrogens is 3. The lowest BCUT2D eigenvalue weighted by atomic mass is 10.1. The molecule has 0 atom stereocenters. The van der Waals surface area contributed by atoms with Crippen LogP contribution in [0, 0.1) is 22.9 Å². The van der Waals surface area contributed by atoms with E-state index in [9.17, 15) is 14.5 Å². The molecule has 9 heteroatoms. The molecular formula is C27H27FN6O2. The van der Waals surface area contributed by atoms with Crippen molar-refractivity contribution >= 4 is 11.4 Å². The molecular weight excluding hydrogens is 459 g/mol. The van der Waals surface area contributed by atoms with Gasteiger partial charge in [-0.2, -0.15) is 5.10 Å². The Labute approximate surface area is 208 Å². The lowest BCUT2D eigenvalue weighted by Gasteiger charge is -2.35. The van der Waals surface area contributed by atoms with E-state index in [0.717, 1.165) is 54.6 Å². The summed E-state index contributed by atoms with van der Waals surface area (Å²) >= 11 is 0. The zero-order valence-electron chi connectivity index (χ0n) is 20.0. The van der Waals surface area contributed by atoms with E-state index in [0.29, 0.717) is 13.1 Å². The molecule has 0 aliphatic carbocycles. The molecule has 1 saturated heterocycles. The van der Waals surface area contributed by atoms with Gasteiger partial charge in [0.05, 0.1) is 18.0 Å². The van der Waals surface area contributed by atoms with Crippen LogP contribution in [0.15, 0.2) is 72.8 Å². The molecule has 0 N–H and O–H groups in total. The van der Waals surface area contributed by atoms with Crippen molar-refractivity contribution in [1.82, 2.24) is 19.7 Å². The predicted octanol–water partition coefficient (Wildman–Crippen LogP) is 4.67. The number of piperazine rings is 1. The molecule has 1 aliphatic heterocycles. The minimum absolute atomic E-state index is 0.101. The van der Waals surface area contributed by atoms with E-state index in [1.54, 1.807) is 36.4 Å². The Morgan fingerprint density at radius 1 is 0.889 bits per heavy atom. The van der Waals surface area contributed by atoms with E-state index in [1.165, 1.54) is 17.7 Å². The minimum atomic E-state index is -0.380. The average molecular weight is 487 g/mol. The number of hydrogen-bond acceptors (Lipinski definition) is 6. The Morgan fingerprint density at radius 3 is 2.19 bits per heavy atom. The van der Waals surface area contributed by atoms with Crippen LogP contribution in [0.4, 0.5) is 15.8 Å². The smallest absolute Gasteiger partial charge is 0.269 e. The van der Waals surface area contributed by atoms with E-state index in [-0.39, 0.29) is 16.4 Å². The van der Waals surface area contributed by atoms with Gasteiger partial charge in [0.25, 0.3) is 5.69 Å². The summed E-state index contributed by atoms with van der Waals surface area (Å²) < 4.78 is 15.3. The fraction of sp³-hybridized carbons (Fsp3) is 0.259. The molecule has 5 rings (SSSR count). The van der Waals surface area contributed by atoms with Gasteiger partial charge in [0, 0.05) is 49.6 Å². The maximum absolute atomic E-state index is 13.4. The van der Waals surface area contributed by atoms with Crippen molar-refractivity contribution in [2.45, 2.75) is 20.0 Å². The van der Waals surface area contributed by atoms with Crippen molar-refractivity contribution in [2.24, 2.45) is 0 Å². The molecule has 8 nitrogen and oxygen atoms in total. The standard InChI is InChI=1S/C27H27FN6O2/c1-20-2-6-22(7-3-20)27-29-26(30-33(27)18-21-4-8-23(28)9-5-21)19-31-14-16-32(17-15-31)24-10-12-25(13-11-24)34(35)36/h2-13H,14-19H2,1H3. The van der Waals surface area contributed by atoms with Crippen LogP contribution in [0.25, 0.3) is 11.4 Å². The summed E-state index contributed by atoms with van der Waals surface area (Å²) in [4.78, 5) is 20.0. The Morgan fingerprint density at radius 2 is 1.56 bits per heavy atom. The number of nitro groups is 1. The van der Waals surface area contributed by atoms with Crippen molar-refractivity contribution in [2.75, 3.05) is 31.1 Å². The van der Waals surface area contributed by atoms with Gasteiger partial charge < -0.3 is 4.90 Å². The molecule has 36 heavy (non-hydrogen) atoms. The molecule has 184 valence electrons. The zero-order chi connectivity index (χ0) is 25.1. The Kier molecular flexibility index (Phi) is 6.73. The van der Waals surface area contributed by atoms with Gasteiger partial charge in [-0.05, 0) is 36.8 Å². The molecule has 0 spiro atoms. The number of hydrogen-bond donors (Lipinski definition) is 0. The van der Waals surface area contributed by atoms with Crippen LogP contribution < -0.4 is 4.90 Å². The number of nitro benzene ring substituents is 1. The van der Waals surface area contributed by atoms with Crippen molar-refractivity contribution in [3.8, 4) is 11.4 Å². The summed E-state index contributed by atoms with van der Waals surface area (Å²) in [7, 11) is 0. The lowest BCUT2D eigenvalue weighted by molar-refractivity contribution is -0.384. The molecule has 0 amide bonds. The Balaban J connectivity index is 1.29. The summed E-state index contributed by atoms with van der Waals surface area (Å²) in [5.74, 6) is 1.28. The third kappa shape index (κ3) is 5.41. The molecule has 1 aromatic heterocycles. The Bertz CT molecular complexity index is 1330. The van der Waals surface area contributed by atoms with Gasteiger partial charge in [0.15, 0.2) is 11.6 Å². The molecule has 0 saturated carbocycles. The van der Waals surface area contributed by atoms with Gasteiger partial charge in [-0.1, -0.05) is 42.0 Å². The first-order valence-corrected chi connectivity index (χ1v) is 11.9. The molecule has 4 aromatic rings. The molecule has 3 aromatic carbocycles. The van der Waals surface area contributed by atoms with Crippen molar-refractivity contribution in [3.05, 3.63) is 106 Å². The molecule has 0 bridgehead atoms. The van der Waals surface area contributed by atoms with Crippen LogP contribution in [0.3, 0.4) is 0 Å². The van der Waals surface area contributed by atoms with Crippen LogP contribution in [-0.2, 0) is 13.1 Å². The number of aryl methyl sites for hydroxylation is 1. The second kappa shape index (κ2) is 10.2. The normalized spacial score (nSPS) is 14.2. The van der Waals surface area contributed by atoms with Crippen molar-refractivity contribution < 1.29 is 9.31 Å². The monoisotopic (exact) mass is 486 g/mol. The van der Waals surface area contributed by atoms with Crippen LogP contribution in [-0.4, -0.2) is 50.8 Å². The average Bonchev–Trinajstić information content (AvgIpc) is 3.28.